The maximum Gasteiger partial charge on any atom is 0.314 e. The average molecular weight is 295 g/mol. The quantitative estimate of drug-likeness (QED) is 0.687. The van der Waals surface area contributed by atoms with E-state index in [9.17, 15) is 9.18 Å². The highest BCUT2D eigenvalue weighted by Crippen LogP contribution is 2.02. The van der Waals surface area contributed by atoms with Crippen molar-refractivity contribution >= 4 is 6.03 Å². The van der Waals surface area contributed by atoms with Gasteiger partial charge in [0.15, 0.2) is 0 Å². The third-order valence-corrected chi connectivity index (χ3v) is 3.44. The minimum Gasteiger partial charge on any atom is -0.338 e. The Labute approximate surface area is 126 Å². The molecule has 4 nitrogen and oxygen atoms in total. The largest absolute Gasteiger partial charge is 0.338 e. The summed E-state index contributed by atoms with van der Waals surface area (Å²) in [5.74, 6) is -0.238. The minimum atomic E-state index is -0.238. The van der Waals surface area contributed by atoms with E-state index in [2.05, 4.69) is 29.4 Å². The molecule has 1 aromatic rings. The fourth-order valence-corrected chi connectivity index (χ4v) is 2.08. The van der Waals surface area contributed by atoms with E-state index in [0.29, 0.717) is 19.5 Å². The number of carbonyl (C=O) groups excluding carboxylic acids is 1. The second-order valence-electron chi connectivity index (χ2n) is 4.94. The summed E-state index contributed by atoms with van der Waals surface area (Å²) in [7, 11) is 0. The molecule has 118 valence electrons. The van der Waals surface area contributed by atoms with Crippen molar-refractivity contribution in [3.05, 3.63) is 35.6 Å². The van der Waals surface area contributed by atoms with E-state index >= 15 is 0 Å². The molecule has 0 aliphatic heterocycles. The predicted molar refractivity (Wildman–Crippen MR) is 83.9 cm³/mol. The highest BCUT2D eigenvalue weighted by Gasteiger charge is 2.01. The molecule has 0 fully saturated rings. The Balaban J connectivity index is 2.07. The van der Waals surface area contributed by atoms with Crippen molar-refractivity contribution in [1.82, 2.24) is 15.5 Å². The van der Waals surface area contributed by atoms with Crippen molar-refractivity contribution < 1.29 is 9.18 Å². The Morgan fingerprint density at radius 2 is 1.71 bits per heavy atom. The van der Waals surface area contributed by atoms with Gasteiger partial charge in [0.1, 0.15) is 5.82 Å². The minimum absolute atomic E-state index is 0.142. The smallest absolute Gasteiger partial charge is 0.314 e. The maximum absolute atomic E-state index is 12.7. The second kappa shape index (κ2) is 10.2. The number of urea groups is 1. The monoisotopic (exact) mass is 295 g/mol. The normalized spacial score (nSPS) is 10.7. The van der Waals surface area contributed by atoms with Gasteiger partial charge in [-0.1, -0.05) is 26.0 Å². The van der Waals surface area contributed by atoms with Crippen molar-refractivity contribution in [2.24, 2.45) is 0 Å². The maximum atomic E-state index is 12.7. The second-order valence-corrected chi connectivity index (χ2v) is 4.94. The molecule has 1 aromatic carbocycles. The first-order valence-electron chi connectivity index (χ1n) is 7.64. The van der Waals surface area contributed by atoms with Gasteiger partial charge in [-0.15, -0.1) is 0 Å². The molecule has 0 heterocycles. The van der Waals surface area contributed by atoms with Crippen LogP contribution < -0.4 is 10.6 Å². The molecule has 0 aliphatic rings. The van der Waals surface area contributed by atoms with Crippen LogP contribution in [0.4, 0.5) is 9.18 Å². The number of hydrogen-bond donors (Lipinski definition) is 2. The molecule has 1 rings (SSSR count). The van der Waals surface area contributed by atoms with Crippen molar-refractivity contribution in [1.29, 1.82) is 0 Å². The first kappa shape index (κ1) is 17.4. The van der Waals surface area contributed by atoms with E-state index < -0.39 is 0 Å². The van der Waals surface area contributed by atoms with E-state index in [4.69, 9.17) is 0 Å². The summed E-state index contributed by atoms with van der Waals surface area (Å²) in [4.78, 5) is 13.9. The van der Waals surface area contributed by atoms with E-state index in [-0.39, 0.29) is 11.8 Å². The van der Waals surface area contributed by atoms with Crippen molar-refractivity contribution in [3.8, 4) is 0 Å². The first-order chi connectivity index (χ1) is 10.2. The molecule has 0 atom stereocenters. The Bertz CT molecular complexity index is 404. The summed E-state index contributed by atoms with van der Waals surface area (Å²) >= 11 is 0. The summed E-state index contributed by atoms with van der Waals surface area (Å²) < 4.78 is 12.7. The summed E-state index contributed by atoms with van der Waals surface area (Å²) in [6.07, 6.45) is 1.65. The molecule has 0 unspecified atom stereocenters. The van der Waals surface area contributed by atoms with Crippen LogP contribution in [0.15, 0.2) is 24.3 Å². The number of benzene rings is 1. The summed E-state index contributed by atoms with van der Waals surface area (Å²) in [6.45, 7) is 8.59. The zero-order valence-corrected chi connectivity index (χ0v) is 13.0. The lowest BCUT2D eigenvalue weighted by molar-refractivity contribution is 0.239. The van der Waals surface area contributed by atoms with Gasteiger partial charge in [0.2, 0.25) is 0 Å². The molecule has 0 saturated heterocycles. The zero-order chi connectivity index (χ0) is 15.5. The standard InChI is InChI=1S/C16H26FN3O/c1-3-20(4-2)13-5-11-18-16(21)19-12-10-14-6-8-15(17)9-7-14/h6-9H,3-5,10-13H2,1-2H3,(H2,18,19,21). The van der Waals surface area contributed by atoms with Gasteiger partial charge in [-0.25, -0.2) is 9.18 Å². The number of hydrogen-bond acceptors (Lipinski definition) is 2. The van der Waals surface area contributed by atoms with E-state index in [1.165, 1.54) is 12.1 Å². The molecular formula is C16H26FN3O. The molecule has 21 heavy (non-hydrogen) atoms. The SMILES string of the molecule is CCN(CC)CCCNC(=O)NCCc1ccc(F)cc1. The molecule has 2 N–H and O–H groups in total. The van der Waals surface area contributed by atoms with Gasteiger partial charge in [0.25, 0.3) is 0 Å². The van der Waals surface area contributed by atoms with Gasteiger partial charge in [-0.3, -0.25) is 0 Å². The lowest BCUT2D eigenvalue weighted by atomic mass is 10.1. The summed E-state index contributed by atoms with van der Waals surface area (Å²) in [5, 5.41) is 5.65. The lowest BCUT2D eigenvalue weighted by Gasteiger charge is -2.17. The van der Waals surface area contributed by atoms with Crippen LogP contribution in [-0.4, -0.2) is 43.7 Å². The van der Waals surface area contributed by atoms with E-state index in [0.717, 1.165) is 31.6 Å². The number of nitrogens with zero attached hydrogens (tertiary/aromatic N) is 1. The van der Waals surface area contributed by atoms with Gasteiger partial charge in [-0.05, 0) is 50.2 Å². The first-order valence-corrected chi connectivity index (χ1v) is 7.64. The molecule has 0 bridgehead atoms. The molecule has 0 aromatic heterocycles. The van der Waals surface area contributed by atoms with Crippen LogP contribution >= 0.6 is 0 Å². The number of amides is 2. The van der Waals surface area contributed by atoms with Crippen LogP contribution in [-0.2, 0) is 6.42 Å². The Morgan fingerprint density at radius 1 is 1.10 bits per heavy atom. The molecule has 0 aliphatic carbocycles. The van der Waals surface area contributed by atoms with Crippen LogP contribution in [0.5, 0.6) is 0 Å². The number of carbonyl (C=O) groups is 1. The van der Waals surface area contributed by atoms with Crippen LogP contribution in [0.3, 0.4) is 0 Å². The fraction of sp³-hybridized carbons (Fsp3) is 0.562. The van der Waals surface area contributed by atoms with Crippen molar-refractivity contribution in [3.63, 3.8) is 0 Å². The Morgan fingerprint density at radius 3 is 2.33 bits per heavy atom. The number of halogens is 1. The van der Waals surface area contributed by atoms with Crippen LogP contribution in [0.1, 0.15) is 25.8 Å². The molecule has 5 heteroatoms. The number of nitrogens with one attached hydrogen (secondary N) is 2. The van der Waals surface area contributed by atoms with Gasteiger partial charge in [0, 0.05) is 13.1 Å². The van der Waals surface area contributed by atoms with Gasteiger partial charge in [-0.2, -0.15) is 0 Å². The van der Waals surface area contributed by atoms with Crippen LogP contribution in [0, 0.1) is 5.82 Å². The van der Waals surface area contributed by atoms with Gasteiger partial charge >= 0.3 is 6.03 Å². The van der Waals surface area contributed by atoms with Crippen LogP contribution in [0.25, 0.3) is 0 Å². The lowest BCUT2D eigenvalue weighted by Crippen LogP contribution is -2.38. The van der Waals surface area contributed by atoms with Crippen molar-refractivity contribution in [2.45, 2.75) is 26.7 Å². The topological polar surface area (TPSA) is 44.4 Å². The molecule has 0 radical (unpaired) electrons. The fourth-order valence-electron chi connectivity index (χ4n) is 2.08. The summed E-state index contributed by atoms with van der Waals surface area (Å²) in [5.41, 5.74) is 1.01. The summed E-state index contributed by atoms with van der Waals surface area (Å²) in [6, 6.07) is 6.19. The van der Waals surface area contributed by atoms with E-state index in [1.54, 1.807) is 12.1 Å². The molecule has 0 saturated carbocycles. The van der Waals surface area contributed by atoms with Gasteiger partial charge in [0.05, 0.1) is 0 Å². The highest BCUT2D eigenvalue weighted by molar-refractivity contribution is 5.73. The van der Waals surface area contributed by atoms with Crippen molar-refractivity contribution in [2.75, 3.05) is 32.7 Å². The molecule has 2 amide bonds. The third kappa shape index (κ3) is 7.66. The number of rotatable bonds is 9. The third-order valence-electron chi connectivity index (χ3n) is 3.44. The molecular weight excluding hydrogens is 269 g/mol. The zero-order valence-electron chi connectivity index (χ0n) is 13.0. The predicted octanol–water partition coefficient (Wildman–Crippen LogP) is 2.40. The Kier molecular flexibility index (Phi) is 8.43. The molecule has 0 spiro atoms. The van der Waals surface area contributed by atoms with E-state index in [1.807, 2.05) is 0 Å². The highest BCUT2D eigenvalue weighted by atomic mass is 19.1. The van der Waals surface area contributed by atoms with Crippen LogP contribution in [0.2, 0.25) is 0 Å². The van der Waals surface area contributed by atoms with Gasteiger partial charge < -0.3 is 15.5 Å². The average Bonchev–Trinajstić information content (AvgIpc) is 2.49. The Hall–Kier alpha value is -1.62.